The van der Waals surface area contributed by atoms with Crippen molar-refractivity contribution < 1.29 is 9.18 Å². The van der Waals surface area contributed by atoms with Crippen LogP contribution in [0.25, 0.3) is 0 Å². The molecule has 110 valence electrons. The lowest BCUT2D eigenvalue weighted by atomic mass is 10.1. The Balaban J connectivity index is 2.07. The quantitative estimate of drug-likeness (QED) is 0.845. The third-order valence-corrected chi connectivity index (χ3v) is 4.16. The number of benzene rings is 1. The number of hydrogen-bond acceptors (Lipinski definition) is 2. The van der Waals surface area contributed by atoms with Gasteiger partial charge in [-0.05, 0) is 44.5 Å². The van der Waals surface area contributed by atoms with Gasteiger partial charge in [0.1, 0.15) is 5.82 Å². The van der Waals surface area contributed by atoms with Crippen LogP contribution in [0.1, 0.15) is 35.7 Å². The normalized spacial score (nSPS) is 19.3. The molecule has 0 aliphatic carbocycles. The molecular weight excluding hydrogens is 255 g/mol. The molecule has 0 aromatic heterocycles. The molecule has 0 bridgehead atoms. The molecule has 1 aliphatic rings. The van der Waals surface area contributed by atoms with Gasteiger partial charge in [0.2, 0.25) is 0 Å². The number of carbonyl (C=O) groups is 1. The highest BCUT2D eigenvalue weighted by molar-refractivity contribution is 5.94. The zero-order valence-electron chi connectivity index (χ0n) is 12.5. The summed E-state index contributed by atoms with van der Waals surface area (Å²) in [7, 11) is 1.76. The average molecular weight is 278 g/mol. The lowest BCUT2D eigenvalue weighted by molar-refractivity contribution is 0.0750. The van der Waals surface area contributed by atoms with Crippen LogP contribution in [0.2, 0.25) is 0 Å². The van der Waals surface area contributed by atoms with Gasteiger partial charge in [0.15, 0.2) is 0 Å². The highest BCUT2D eigenvalue weighted by Gasteiger charge is 2.26. The van der Waals surface area contributed by atoms with Crippen LogP contribution in [-0.4, -0.2) is 48.4 Å². The number of hydrogen-bond donors (Lipinski definition) is 0. The Morgan fingerprint density at radius 3 is 2.95 bits per heavy atom. The summed E-state index contributed by atoms with van der Waals surface area (Å²) in [5.74, 6) is -0.628. The van der Waals surface area contributed by atoms with Crippen LogP contribution >= 0.6 is 0 Å². The fourth-order valence-corrected chi connectivity index (χ4v) is 2.94. The number of nitrogens with zero attached hydrogens (tertiary/aromatic N) is 2. The maximum Gasteiger partial charge on any atom is 0.256 e. The first kappa shape index (κ1) is 15.0. The fourth-order valence-electron chi connectivity index (χ4n) is 2.94. The summed E-state index contributed by atoms with van der Waals surface area (Å²) in [6, 6.07) is 5.38. The topological polar surface area (TPSA) is 23.6 Å². The Bertz CT molecular complexity index is 489. The second kappa shape index (κ2) is 6.35. The zero-order valence-corrected chi connectivity index (χ0v) is 12.5. The van der Waals surface area contributed by atoms with Gasteiger partial charge >= 0.3 is 0 Å². The number of amides is 1. The van der Waals surface area contributed by atoms with Crippen molar-refractivity contribution in [1.82, 2.24) is 9.80 Å². The van der Waals surface area contributed by atoms with Gasteiger partial charge in [-0.25, -0.2) is 4.39 Å². The molecule has 1 aromatic rings. The molecule has 1 aliphatic heterocycles. The van der Waals surface area contributed by atoms with Gasteiger partial charge in [-0.3, -0.25) is 9.69 Å². The van der Waals surface area contributed by atoms with Crippen molar-refractivity contribution in [2.24, 2.45) is 0 Å². The first-order chi connectivity index (χ1) is 9.54. The van der Waals surface area contributed by atoms with Crippen LogP contribution in [-0.2, 0) is 0 Å². The van der Waals surface area contributed by atoms with Crippen molar-refractivity contribution in [3.63, 3.8) is 0 Å². The van der Waals surface area contributed by atoms with Crippen LogP contribution in [0.5, 0.6) is 0 Å². The highest BCUT2D eigenvalue weighted by atomic mass is 19.1. The van der Waals surface area contributed by atoms with E-state index in [4.69, 9.17) is 0 Å². The first-order valence-corrected chi connectivity index (χ1v) is 7.29. The third-order valence-electron chi connectivity index (χ3n) is 4.16. The number of likely N-dealkylation sites (tertiary alicyclic amines) is 1. The summed E-state index contributed by atoms with van der Waals surface area (Å²) in [4.78, 5) is 16.4. The summed E-state index contributed by atoms with van der Waals surface area (Å²) in [5.41, 5.74) is 0.689. The Morgan fingerprint density at radius 2 is 2.25 bits per heavy atom. The lowest BCUT2D eigenvalue weighted by Crippen LogP contribution is -2.41. The summed E-state index contributed by atoms with van der Waals surface area (Å²) < 4.78 is 14.0. The SMILES string of the molecule is CCN1CCCC1CN(C)C(=O)c1cccc(C)c1F. The number of carbonyl (C=O) groups excluding carboxylic acids is 1. The van der Waals surface area contributed by atoms with Crippen LogP contribution in [0, 0.1) is 12.7 Å². The van der Waals surface area contributed by atoms with E-state index in [0.29, 0.717) is 18.2 Å². The molecule has 0 radical (unpaired) electrons. The summed E-state index contributed by atoms with van der Waals surface area (Å²) in [5, 5.41) is 0. The second-order valence-corrected chi connectivity index (χ2v) is 5.55. The van der Waals surface area contributed by atoms with E-state index in [1.54, 1.807) is 37.1 Å². The van der Waals surface area contributed by atoms with Gasteiger partial charge in [-0.15, -0.1) is 0 Å². The minimum absolute atomic E-state index is 0.175. The Hall–Kier alpha value is -1.42. The van der Waals surface area contributed by atoms with Gasteiger partial charge in [-0.1, -0.05) is 19.1 Å². The molecule has 1 atom stereocenters. The molecule has 1 aromatic carbocycles. The van der Waals surface area contributed by atoms with Crippen molar-refractivity contribution in [2.45, 2.75) is 32.7 Å². The molecule has 2 rings (SSSR count). The van der Waals surface area contributed by atoms with Crippen molar-refractivity contribution in [3.8, 4) is 0 Å². The predicted octanol–water partition coefficient (Wildman–Crippen LogP) is 2.69. The molecule has 1 unspecified atom stereocenters. The minimum atomic E-state index is -0.400. The second-order valence-electron chi connectivity index (χ2n) is 5.55. The number of rotatable bonds is 4. The van der Waals surface area contributed by atoms with Gasteiger partial charge in [0.25, 0.3) is 5.91 Å². The molecule has 0 N–H and O–H groups in total. The molecule has 0 saturated carbocycles. The third kappa shape index (κ3) is 3.01. The van der Waals surface area contributed by atoms with E-state index in [9.17, 15) is 9.18 Å². The van der Waals surface area contributed by atoms with Crippen molar-refractivity contribution in [1.29, 1.82) is 0 Å². The Morgan fingerprint density at radius 1 is 1.50 bits per heavy atom. The van der Waals surface area contributed by atoms with Gasteiger partial charge in [-0.2, -0.15) is 0 Å². The average Bonchev–Trinajstić information content (AvgIpc) is 2.88. The van der Waals surface area contributed by atoms with Crippen LogP contribution < -0.4 is 0 Å². The summed E-state index contributed by atoms with van der Waals surface area (Å²) >= 11 is 0. The van der Waals surface area contributed by atoms with E-state index in [2.05, 4.69) is 11.8 Å². The molecule has 1 amide bonds. The van der Waals surface area contributed by atoms with Crippen molar-refractivity contribution >= 4 is 5.91 Å². The van der Waals surface area contributed by atoms with E-state index in [1.807, 2.05) is 0 Å². The smallest absolute Gasteiger partial charge is 0.256 e. The van der Waals surface area contributed by atoms with E-state index in [1.165, 1.54) is 6.42 Å². The lowest BCUT2D eigenvalue weighted by Gasteiger charge is -2.28. The number of likely N-dealkylation sites (N-methyl/N-ethyl adjacent to an activating group) is 2. The fraction of sp³-hybridized carbons (Fsp3) is 0.562. The first-order valence-electron chi connectivity index (χ1n) is 7.29. The maximum atomic E-state index is 14.0. The summed E-state index contributed by atoms with van der Waals surface area (Å²) in [6.07, 6.45) is 2.29. The maximum absolute atomic E-state index is 14.0. The van der Waals surface area contributed by atoms with Crippen molar-refractivity contribution in [2.75, 3.05) is 26.7 Å². The van der Waals surface area contributed by atoms with Gasteiger partial charge in [0.05, 0.1) is 5.56 Å². The largest absolute Gasteiger partial charge is 0.340 e. The van der Waals surface area contributed by atoms with Gasteiger partial charge in [0, 0.05) is 19.6 Å². The highest BCUT2D eigenvalue weighted by Crippen LogP contribution is 2.19. The van der Waals surface area contributed by atoms with Crippen molar-refractivity contribution in [3.05, 3.63) is 35.1 Å². The molecular formula is C16H23FN2O. The van der Waals surface area contributed by atoms with Crippen LogP contribution in [0.15, 0.2) is 18.2 Å². The van der Waals surface area contributed by atoms with E-state index >= 15 is 0 Å². The van der Waals surface area contributed by atoms with E-state index in [-0.39, 0.29) is 11.5 Å². The molecule has 1 heterocycles. The Labute approximate surface area is 120 Å². The van der Waals surface area contributed by atoms with Crippen LogP contribution in [0.3, 0.4) is 0 Å². The molecule has 1 saturated heterocycles. The minimum Gasteiger partial charge on any atom is -0.340 e. The standard InChI is InChI=1S/C16H23FN2O/c1-4-19-10-6-8-13(19)11-18(3)16(20)14-9-5-7-12(2)15(14)17/h5,7,9,13H,4,6,8,10-11H2,1-3H3. The molecule has 3 nitrogen and oxygen atoms in total. The zero-order chi connectivity index (χ0) is 14.7. The Kier molecular flexibility index (Phi) is 4.76. The molecule has 0 spiro atoms. The number of aryl methyl sites for hydroxylation is 1. The number of halogens is 1. The molecule has 4 heteroatoms. The summed E-state index contributed by atoms with van der Waals surface area (Å²) in [6.45, 7) is 6.59. The van der Waals surface area contributed by atoms with Crippen LogP contribution in [0.4, 0.5) is 4.39 Å². The monoisotopic (exact) mass is 278 g/mol. The van der Waals surface area contributed by atoms with E-state index < -0.39 is 5.82 Å². The predicted molar refractivity (Wildman–Crippen MR) is 78.4 cm³/mol. The molecule has 1 fully saturated rings. The van der Waals surface area contributed by atoms with E-state index in [0.717, 1.165) is 19.5 Å². The molecule has 20 heavy (non-hydrogen) atoms. The van der Waals surface area contributed by atoms with Gasteiger partial charge < -0.3 is 4.90 Å².